The van der Waals surface area contributed by atoms with Gasteiger partial charge in [0.25, 0.3) is 0 Å². The molecule has 110 valence electrons. The Morgan fingerprint density at radius 2 is 1.89 bits per heavy atom. The predicted octanol–water partition coefficient (Wildman–Crippen LogP) is 4.57. The molecule has 0 aliphatic heterocycles. The van der Waals surface area contributed by atoms with Gasteiger partial charge in [-0.1, -0.05) is 14.9 Å². The molecule has 0 aliphatic rings. The molecule has 0 heterocycles. The summed E-state index contributed by atoms with van der Waals surface area (Å²) < 4.78 is 17.9. The predicted molar refractivity (Wildman–Crippen MR) is 81.3 cm³/mol. The fourth-order valence-corrected chi connectivity index (χ4v) is 2.41. The van der Waals surface area contributed by atoms with E-state index in [1.807, 2.05) is 0 Å². The number of halogens is 1. The molecule has 0 bridgehead atoms. The number of hydrogen-bond acceptors (Lipinski definition) is 3. The van der Waals surface area contributed by atoms with Gasteiger partial charge in [-0.3, -0.25) is 4.79 Å². The average Bonchev–Trinajstić information content (AvgIpc) is 2.30. The zero-order valence-corrected chi connectivity index (χ0v) is 10.9. The average molecular weight is 288 g/mol. The standard InChI is InChI=1S/C13H17FO2S.2CH4/c1-10(15)9-12(16-2)7-8-17-13-5-3-11(14)4-6-13;;/h3-6,12H,7-9H2,1-2H3;2*1H4. The van der Waals surface area contributed by atoms with Crippen LogP contribution in [0.5, 0.6) is 0 Å². The summed E-state index contributed by atoms with van der Waals surface area (Å²) in [6.07, 6.45) is 1.26. The molecule has 19 heavy (non-hydrogen) atoms. The van der Waals surface area contributed by atoms with E-state index in [9.17, 15) is 9.18 Å². The van der Waals surface area contributed by atoms with Crippen molar-refractivity contribution >= 4 is 17.5 Å². The minimum absolute atomic E-state index is 0. The smallest absolute Gasteiger partial charge is 0.132 e. The minimum atomic E-state index is -0.222. The number of carbonyl (C=O) groups excluding carboxylic acids is 1. The van der Waals surface area contributed by atoms with E-state index in [4.69, 9.17) is 4.74 Å². The molecule has 0 amide bonds. The van der Waals surface area contributed by atoms with E-state index in [2.05, 4.69) is 0 Å². The van der Waals surface area contributed by atoms with E-state index in [0.29, 0.717) is 6.42 Å². The first-order chi connectivity index (χ1) is 8.11. The minimum Gasteiger partial charge on any atom is -0.381 e. The molecule has 1 aromatic rings. The summed E-state index contributed by atoms with van der Waals surface area (Å²) in [4.78, 5) is 12.0. The van der Waals surface area contributed by atoms with Gasteiger partial charge in [0.1, 0.15) is 11.6 Å². The molecule has 1 unspecified atom stereocenters. The number of methoxy groups -OCH3 is 1. The zero-order valence-electron chi connectivity index (χ0n) is 10.1. The first-order valence-electron chi connectivity index (χ1n) is 5.52. The lowest BCUT2D eigenvalue weighted by atomic mass is 10.1. The van der Waals surface area contributed by atoms with Crippen LogP contribution in [0, 0.1) is 5.82 Å². The maximum atomic E-state index is 12.7. The molecular formula is C15H25FO2S. The van der Waals surface area contributed by atoms with Crippen LogP contribution >= 0.6 is 11.8 Å². The molecule has 0 aliphatic carbocycles. The van der Waals surface area contributed by atoms with E-state index in [1.54, 1.807) is 37.9 Å². The van der Waals surface area contributed by atoms with Crippen molar-refractivity contribution in [3.8, 4) is 0 Å². The van der Waals surface area contributed by atoms with Gasteiger partial charge in [-0.05, 0) is 37.6 Å². The fourth-order valence-electron chi connectivity index (χ4n) is 1.46. The van der Waals surface area contributed by atoms with E-state index in [-0.39, 0.29) is 32.6 Å². The van der Waals surface area contributed by atoms with Crippen LogP contribution in [0.2, 0.25) is 0 Å². The molecule has 0 saturated carbocycles. The SMILES string of the molecule is C.C.COC(CCSc1ccc(F)cc1)CC(C)=O. The third kappa shape index (κ3) is 8.78. The summed E-state index contributed by atoms with van der Waals surface area (Å²) in [5, 5.41) is 0. The number of Topliss-reactive ketones (excluding diaryl/α,β-unsaturated/α-hetero) is 1. The largest absolute Gasteiger partial charge is 0.381 e. The molecular weight excluding hydrogens is 263 g/mol. The number of rotatable bonds is 7. The van der Waals surface area contributed by atoms with Crippen LogP contribution in [-0.4, -0.2) is 24.7 Å². The Morgan fingerprint density at radius 3 is 2.37 bits per heavy atom. The number of hydrogen-bond donors (Lipinski definition) is 0. The van der Waals surface area contributed by atoms with Gasteiger partial charge in [-0.2, -0.15) is 0 Å². The quantitative estimate of drug-likeness (QED) is 0.687. The van der Waals surface area contributed by atoms with Crippen molar-refractivity contribution in [2.24, 2.45) is 0 Å². The Balaban J connectivity index is 0. The highest BCUT2D eigenvalue weighted by Crippen LogP contribution is 2.20. The monoisotopic (exact) mass is 288 g/mol. The van der Waals surface area contributed by atoms with Crippen molar-refractivity contribution in [3.05, 3.63) is 30.1 Å². The van der Waals surface area contributed by atoms with E-state index >= 15 is 0 Å². The van der Waals surface area contributed by atoms with E-state index in [1.165, 1.54) is 12.1 Å². The Morgan fingerprint density at radius 1 is 1.32 bits per heavy atom. The van der Waals surface area contributed by atoms with Gasteiger partial charge in [0.2, 0.25) is 0 Å². The van der Waals surface area contributed by atoms with Crippen LogP contribution in [0.4, 0.5) is 4.39 Å². The lowest BCUT2D eigenvalue weighted by Crippen LogP contribution is -2.15. The lowest BCUT2D eigenvalue weighted by Gasteiger charge is -2.12. The maximum Gasteiger partial charge on any atom is 0.132 e. The van der Waals surface area contributed by atoms with Gasteiger partial charge in [-0.25, -0.2) is 4.39 Å². The van der Waals surface area contributed by atoms with Gasteiger partial charge in [-0.15, -0.1) is 11.8 Å². The van der Waals surface area contributed by atoms with Gasteiger partial charge < -0.3 is 4.74 Å². The van der Waals surface area contributed by atoms with Crippen LogP contribution < -0.4 is 0 Å². The molecule has 2 nitrogen and oxygen atoms in total. The van der Waals surface area contributed by atoms with Gasteiger partial charge in [0.15, 0.2) is 0 Å². The van der Waals surface area contributed by atoms with Crippen LogP contribution in [0.25, 0.3) is 0 Å². The van der Waals surface area contributed by atoms with Crippen molar-refractivity contribution in [1.82, 2.24) is 0 Å². The number of thioether (sulfide) groups is 1. The Kier molecular flexibility index (Phi) is 11.8. The summed E-state index contributed by atoms with van der Waals surface area (Å²) in [5.41, 5.74) is 0. The third-order valence-corrected chi connectivity index (χ3v) is 3.42. The van der Waals surface area contributed by atoms with Gasteiger partial charge >= 0.3 is 0 Å². The number of ketones is 1. The van der Waals surface area contributed by atoms with Crippen LogP contribution in [-0.2, 0) is 9.53 Å². The summed E-state index contributed by atoms with van der Waals surface area (Å²) in [6, 6.07) is 6.41. The molecule has 4 heteroatoms. The molecule has 0 spiro atoms. The second kappa shape index (κ2) is 11.0. The Hall–Kier alpha value is -0.870. The second-order valence-electron chi connectivity index (χ2n) is 3.85. The molecule has 0 radical (unpaired) electrons. The van der Waals surface area contributed by atoms with Crippen molar-refractivity contribution in [1.29, 1.82) is 0 Å². The normalized spacial score (nSPS) is 11.1. The Labute approximate surface area is 120 Å². The summed E-state index contributed by atoms with van der Waals surface area (Å²) in [6.45, 7) is 1.57. The molecule has 0 saturated heterocycles. The highest BCUT2D eigenvalue weighted by atomic mass is 32.2. The number of carbonyl (C=O) groups is 1. The van der Waals surface area contributed by atoms with Crippen molar-refractivity contribution < 1.29 is 13.9 Å². The highest BCUT2D eigenvalue weighted by molar-refractivity contribution is 7.99. The molecule has 0 aromatic heterocycles. The highest BCUT2D eigenvalue weighted by Gasteiger charge is 2.09. The second-order valence-corrected chi connectivity index (χ2v) is 5.02. The van der Waals surface area contributed by atoms with Crippen molar-refractivity contribution in [2.75, 3.05) is 12.9 Å². The Bertz CT molecular complexity index is 352. The van der Waals surface area contributed by atoms with Gasteiger partial charge in [0, 0.05) is 24.2 Å². The first-order valence-corrected chi connectivity index (χ1v) is 6.51. The molecule has 1 aromatic carbocycles. The molecule has 0 fully saturated rings. The van der Waals surface area contributed by atoms with E-state index in [0.717, 1.165) is 17.1 Å². The number of benzene rings is 1. The third-order valence-electron chi connectivity index (χ3n) is 2.37. The molecule has 0 N–H and O–H groups in total. The summed E-state index contributed by atoms with van der Waals surface area (Å²) in [7, 11) is 1.62. The zero-order chi connectivity index (χ0) is 12.7. The topological polar surface area (TPSA) is 26.3 Å². The molecule has 1 atom stereocenters. The lowest BCUT2D eigenvalue weighted by molar-refractivity contribution is -0.119. The number of ether oxygens (including phenoxy) is 1. The van der Waals surface area contributed by atoms with Crippen LogP contribution in [0.1, 0.15) is 34.6 Å². The van der Waals surface area contributed by atoms with Crippen molar-refractivity contribution in [2.45, 2.75) is 45.6 Å². The summed E-state index contributed by atoms with van der Waals surface area (Å²) in [5.74, 6) is 0.779. The molecule has 1 rings (SSSR count). The van der Waals surface area contributed by atoms with E-state index < -0.39 is 0 Å². The van der Waals surface area contributed by atoms with Crippen molar-refractivity contribution in [3.63, 3.8) is 0 Å². The van der Waals surface area contributed by atoms with Gasteiger partial charge in [0.05, 0.1) is 6.10 Å². The van der Waals surface area contributed by atoms with Crippen LogP contribution in [0.15, 0.2) is 29.2 Å². The summed E-state index contributed by atoms with van der Waals surface area (Å²) >= 11 is 1.64. The first kappa shape index (κ1) is 20.4. The maximum absolute atomic E-state index is 12.7. The fraction of sp³-hybridized carbons (Fsp3) is 0.533. The van der Waals surface area contributed by atoms with Crippen LogP contribution in [0.3, 0.4) is 0 Å².